The van der Waals surface area contributed by atoms with Crippen LogP contribution in [0.3, 0.4) is 0 Å². The molecule has 1 spiro atoms. The van der Waals surface area contributed by atoms with Gasteiger partial charge in [-0.05, 0) is 27.2 Å². The molecule has 0 N–H and O–H groups in total. The third-order valence-electron chi connectivity index (χ3n) is 3.90. The van der Waals surface area contributed by atoms with Gasteiger partial charge in [0, 0.05) is 45.7 Å². The molecule has 2 heterocycles. The maximum atomic E-state index is 12.1. The summed E-state index contributed by atoms with van der Waals surface area (Å²) in [5.74, 6) is 0. The second kappa shape index (κ2) is 5.10. The van der Waals surface area contributed by atoms with Crippen molar-refractivity contribution in [1.29, 1.82) is 0 Å². The van der Waals surface area contributed by atoms with E-state index in [1.807, 2.05) is 20.8 Å². The molecule has 0 bridgehead atoms. The lowest BCUT2D eigenvalue weighted by Gasteiger charge is -2.47. The van der Waals surface area contributed by atoms with E-state index in [9.17, 15) is 13.2 Å². The Kier molecular flexibility index (Phi) is 4.01. The minimum absolute atomic E-state index is 0.0972. The Morgan fingerprint density at radius 3 is 2.24 bits per heavy atom. The summed E-state index contributed by atoms with van der Waals surface area (Å²) in [5.41, 5.74) is -0.601. The van der Waals surface area contributed by atoms with Gasteiger partial charge in [0.1, 0.15) is 5.60 Å². The van der Waals surface area contributed by atoms with E-state index < -0.39 is 15.8 Å². The number of hydrogen-bond acceptors (Lipinski definition) is 4. The Bertz CT molecular complexity index is 518. The van der Waals surface area contributed by atoms with Crippen LogP contribution in [0.25, 0.3) is 0 Å². The van der Waals surface area contributed by atoms with Gasteiger partial charge in [0.2, 0.25) is 0 Å². The van der Waals surface area contributed by atoms with E-state index in [1.165, 1.54) is 22.7 Å². The fourth-order valence-electron chi connectivity index (χ4n) is 2.80. The fourth-order valence-corrected chi connectivity index (χ4v) is 4.02. The number of hydrogen-bond donors (Lipinski definition) is 0. The van der Waals surface area contributed by atoms with Gasteiger partial charge < -0.3 is 9.64 Å². The number of ether oxygens (including phenoxy) is 1. The maximum absolute atomic E-state index is 12.1. The van der Waals surface area contributed by atoms with Crippen LogP contribution < -0.4 is 0 Å². The van der Waals surface area contributed by atoms with Gasteiger partial charge in [0.05, 0.1) is 0 Å². The van der Waals surface area contributed by atoms with E-state index in [0.717, 1.165) is 6.42 Å². The van der Waals surface area contributed by atoms with Crippen molar-refractivity contribution in [3.63, 3.8) is 0 Å². The first-order valence-electron chi connectivity index (χ1n) is 7.11. The van der Waals surface area contributed by atoms with Crippen LogP contribution in [-0.4, -0.2) is 73.9 Å². The Morgan fingerprint density at radius 1 is 1.19 bits per heavy atom. The number of amides is 1. The van der Waals surface area contributed by atoms with Crippen molar-refractivity contribution in [1.82, 2.24) is 13.5 Å². The predicted molar refractivity (Wildman–Crippen MR) is 79.0 cm³/mol. The molecule has 2 rings (SSSR count). The third-order valence-corrected chi connectivity index (χ3v) is 5.78. The standard InChI is InChI=1S/C13H25N3O4S/c1-12(2,3)20-11(17)15-8-13(9-15)6-7-16(10-13)21(18,19)14(4)5/h6-10H2,1-5H3. The number of rotatable bonds is 2. The van der Waals surface area contributed by atoms with Crippen LogP contribution in [0, 0.1) is 5.41 Å². The lowest BCUT2D eigenvalue weighted by molar-refractivity contribution is -0.0287. The highest BCUT2D eigenvalue weighted by molar-refractivity contribution is 7.86. The Labute approximate surface area is 127 Å². The summed E-state index contributed by atoms with van der Waals surface area (Å²) in [4.78, 5) is 13.6. The largest absolute Gasteiger partial charge is 0.444 e. The van der Waals surface area contributed by atoms with Gasteiger partial charge in [-0.2, -0.15) is 17.0 Å². The van der Waals surface area contributed by atoms with E-state index in [-0.39, 0.29) is 11.5 Å². The first-order chi connectivity index (χ1) is 9.45. The van der Waals surface area contributed by atoms with Gasteiger partial charge in [-0.1, -0.05) is 0 Å². The Balaban J connectivity index is 1.92. The monoisotopic (exact) mass is 319 g/mol. The van der Waals surface area contributed by atoms with E-state index in [1.54, 1.807) is 4.90 Å². The molecule has 122 valence electrons. The lowest BCUT2D eigenvalue weighted by atomic mass is 9.79. The molecule has 8 heteroatoms. The molecule has 0 saturated carbocycles. The molecular formula is C13H25N3O4S. The van der Waals surface area contributed by atoms with Crippen LogP contribution >= 0.6 is 0 Å². The van der Waals surface area contributed by atoms with Crippen LogP contribution in [0.4, 0.5) is 4.79 Å². The minimum atomic E-state index is -3.36. The molecule has 0 atom stereocenters. The van der Waals surface area contributed by atoms with Crippen molar-refractivity contribution in [3.05, 3.63) is 0 Å². The number of nitrogens with zero attached hydrogens (tertiary/aromatic N) is 3. The van der Waals surface area contributed by atoms with Gasteiger partial charge in [-0.15, -0.1) is 0 Å². The summed E-state index contributed by atoms with van der Waals surface area (Å²) in [6, 6.07) is 0. The molecule has 0 radical (unpaired) electrons. The quantitative estimate of drug-likeness (QED) is 0.752. The lowest BCUT2D eigenvalue weighted by Crippen LogP contribution is -2.60. The molecule has 0 aromatic carbocycles. The summed E-state index contributed by atoms with van der Waals surface area (Å²) in [7, 11) is -0.287. The molecule has 0 aliphatic carbocycles. The summed E-state index contributed by atoms with van der Waals surface area (Å²) in [6.45, 7) is 7.64. The normalized spacial score (nSPS) is 22.7. The molecule has 2 fully saturated rings. The van der Waals surface area contributed by atoms with Crippen LogP contribution in [0.5, 0.6) is 0 Å². The first kappa shape index (κ1) is 16.5. The second-order valence-electron chi connectivity index (χ2n) is 7.21. The molecule has 7 nitrogen and oxygen atoms in total. The van der Waals surface area contributed by atoms with Crippen molar-refractivity contribution in [3.8, 4) is 0 Å². The molecule has 0 aromatic heterocycles. The van der Waals surface area contributed by atoms with Gasteiger partial charge in [-0.25, -0.2) is 4.79 Å². The molecule has 2 saturated heterocycles. The third kappa shape index (κ3) is 3.32. The average molecular weight is 319 g/mol. The van der Waals surface area contributed by atoms with Crippen molar-refractivity contribution in [2.45, 2.75) is 32.8 Å². The predicted octanol–water partition coefficient (Wildman–Crippen LogP) is 0.736. The first-order valence-corrected chi connectivity index (χ1v) is 8.50. The summed E-state index contributed by atoms with van der Waals surface area (Å²) < 4.78 is 32.3. The summed E-state index contributed by atoms with van der Waals surface area (Å²) in [5, 5.41) is 0. The van der Waals surface area contributed by atoms with Crippen LogP contribution in [0.1, 0.15) is 27.2 Å². The number of carbonyl (C=O) groups is 1. The van der Waals surface area contributed by atoms with Gasteiger partial charge in [-0.3, -0.25) is 0 Å². The van der Waals surface area contributed by atoms with Gasteiger partial charge in [0.25, 0.3) is 10.2 Å². The molecule has 21 heavy (non-hydrogen) atoms. The molecule has 1 amide bonds. The number of likely N-dealkylation sites (tertiary alicyclic amines) is 1. The number of carbonyl (C=O) groups excluding carboxylic acids is 1. The van der Waals surface area contributed by atoms with Crippen LogP contribution in [-0.2, 0) is 14.9 Å². The molecule has 0 aromatic rings. The highest BCUT2D eigenvalue weighted by Crippen LogP contribution is 2.41. The molecular weight excluding hydrogens is 294 g/mol. The Morgan fingerprint density at radius 2 is 1.76 bits per heavy atom. The van der Waals surface area contributed by atoms with Crippen LogP contribution in [0.2, 0.25) is 0 Å². The van der Waals surface area contributed by atoms with Crippen molar-refractivity contribution < 1.29 is 17.9 Å². The van der Waals surface area contributed by atoms with Gasteiger partial charge >= 0.3 is 6.09 Å². The van der Waals surface area contributed by atoms with Crippen LogP contribution in [0.15, 0.2) is 0 Å². The smallest absolute Gasteiger partial charge is 0.410 e. The zero-order chi connectivity index (χ0) is 16.1. The highest BCUT2D eigenvalue weighted by Gasteiger charge is 2.52. The average Bonchev–Trinajstić information content (AvgIpc) is 2.69. The van der Waals surface area contributed by atoms with E-state index in [4.69, 9.17) is 4.74 Å². The zero-order valence-corrected chi connectivity index (χ0v) is 14.2. The topological polar surface area (TPSA) is 70.2 Å². The van der Waals surface area contributed by atoms with Gasteiger partial charge in [0.15, 0.2) is 0 Å². The van der Waals surface area contributed by atoms with E-state index >= 15 is 0 Å². The SMILES string of the molecule is CN(C)S(=O)(=O)N1CCC2(CN(C(=O)OC(C)(C)C)C2)C1. The maximum Gasteiger partial charge on any atom is 0.410 e. The molecule has 0 unspecified atom stereocenters. The highest BCUT2D eigenvalue weighted by atomic mass is 32.2. The second-order valence-corrected chi connectivity index (χ2v) is 9.35. The van der Waals surface area contributed by atoms with E-state index in [0.29, 0.717) is 26.2 Å². The Hall–Kier alpha value is -0.860. The summed E-state index contributed by atoms with van der Waals surface area (Å²) in [6.07, 6.45) is 0.473. The van der Waals surface area contributed by atoms with Crippen molar-refractivity contribution >= 4 is 16.3 Å². The molecule has 2 aliphatic rings. The molecule has 2 aliphatic heterocycles. The van der Waals surface area contributed by atoms with Crippen molar-refractivity contribution in [2.75, 3.05) is 40.3 Å². The minimum Gasteiger partial charge on any atom is -0.444 e. The van der Waals surface area contributed by atoms with E-state index in [2.05, 4.69) is 0 Å². The fraction of sp³-hybridized carbons (Fsp3) is 0.923. The summed E-state index contributed by atoms with van der Waals surface area (Å²) >= 11 is 0. The zero-order valence-electron chi connectivity index (χ0n) is 13.4. The van der Waals surface area contributed by atoms with Crippen molar-refractivity contribution in [2.24, 2.45) is 5.41 Å².